The summed E-state index contributed by atoms with van der Waals surface area (Å²) in [5, 5.41) is 3.38. The number of halogens is 1. The molecule has 4 heteroatoms. The van der Waals surface area contributed by atoms with E-state index in [1.807, 2.05) is 6.07 Å². The highest BCUT2D eigenvalue weighted by molar-refractivity contribution is 5.55. The standard InChI is InChI=1S/C17H27FN2O/c1-4-19-13(3)16-11-14(18)8-9-17(16)20(5-2)12-15-7-6-10-21-15/h8-9,11,13,15,19H,4-7,10,12H2,1-3H3. The van der Waals surface area contributed by atoms with Gasteiger partial charge in [-0.15, -0.1) is 0 Å². The fourth-order valence-electron chi connectivity index (χ4n) is 3.01. The van der Waals surface area contributed by atoms with Crippen molar-refractivity contribution in [3.05, 3.63) is 29.6 Å². The Labute approximate surface area is 127 Å². The predicted octanol–water partition coefficient (Wildman–Crippen LogP) is 3.50. The van der Waals surface area contributed by atoms with Gasteiger partial charge in [0.15, 0.2) is 0 Å². The topological polar surface area (TPSA) is 24.5 Å². The minimum atomic E-state index is -0.174. The molecule has 0 aromatic heterocycles. The van der Waals surface area contributed by atoms with Crippen LogP contribution in [0, 0.1) is 5.82 Å². The van der Waals surface area contributed by atoms with Crippen molar-refractivity contribution in [2.45, 2.75) is 45.8 Å². The Bertz CT molecular complexity index is 446. The molecule has 1 aliphatic heterocycles. The number of rotatable bonds is 7. The quantitative estimate of drug-likeness (QED) is 0.833. The lowest BCUT2D eigenvalue weighted by Gasteiger charge is -2.30. The number of anilines is 1. The van der Waals surface area contributed by atoms with Gasteiger partial charge < -0.3 is 15.0 Å². The Morgan fingerprint density at radius 1 is 1.43 bits per heavy atom. The second-order valence-corrected chi connectivity index (χ2v) is 5.66. The van der Waals surface area contributed by atoms with Crippen LogP contribution in [0.2, 0.25) is 0 Å². The molecule has 0 amide bonds. The van der Waals surface area contributed by atoms with E-state index in [0.29, 0.717) is 6.10 Å². The zero-order valence-electron chi connectivity index (χ0n) is 13.4. The SMILES string of the molecule is CCNC(C)c1cc(F)ccc1N(CC)CC1CCCO1. The largest absolute Gasteiger partial charge is 0.376 e. The smallest absolute Gasteiger partial charge is 0.123 e. The molecular formula is C17H27FN2O. The highest BCUT2D eigenvalue weighted by Gasteiger charge is 2.21. The van der Waals surface area contributed by atoms with E-state index in [1.165, 1.54) is 0 Å². The van der Waals surface area contributed by atoms with Gasteiger partial charge >= 0.3 is 0 Å². The minimum Gasteiger partial charge on any atom is -0.376 e. The second kappa shape index (κ2) is 7.76. The molecule has 0 aliphatic carbocycles. The van der Waals surface area contributed by atoms with E-state index in [-0.39, 0.29) is 11.9 Å². The lowest BCUT2D eigenvalue weighted by Crippen LogP contribution is -2.33. The zero-order chi connectivity index (χ0) is 15.2. The summed E-state index contributed by atoms with van der Waals surface area (Å²) in [4.78, 5) is 2.30. The molecule has 1 N–H and O–H groups in total. The summed E-state index contributed by atoms with van der Waals surface area (Å²) in [6.07, 6.45) is 2.57. The Morgan fingerprint density at radius 2 is 2.24 bits per heavy atom. The molecule has 1 fully saturated rings. The van der Waals surface area contributed by atoms with Crippen LogP contribution in [-0.2, 0) is 4.74 Å². The van der Waals surface area contributed by atoms with Crippen LogP contribution < -0.4 is 10.2 Å². The van der Waals surface area contributed by atoms with Crippen LogP contribution in [0.25, 0.3) is 0 Å². The van der Waals surface area contributed by atoms with Crippen LogP contribution >= 0.6 is 0 Å². The lowest BCUT2D eigenvalue weighted by molar-refractivity contribution is 0.115. The molecule has 1 saturated heterocycles. The molecule has 2 rings (SSSR count). The van der Waals surface area contributed by atoms with Crippen LogP contribution in [-0.4, -0.2) is 32.3 Å². The van der Waals surface area contributed by atoms with Crippen molar-refractivity contribution >= 4 is 5.69 Å². The van der Waals surface area contributed by atoms with Crippen molar-refractivity contribution in [2.24, 2.45) is 0 Å². The molecule has 1 aromatic carbocycles. The Hall–Kier alpha value is -1.13. The molecule has 0 bridgehead atoms. The third-order valence-corrected chi connectivity index (χ3v) is 4.14. The molecule has 2 atom stereocenters. The number of likely N-dealkylation sites (N-methyl/N-ethyl adjacent to an activating group) is 1. The van der Waals surface area contributed by atoms with Crippen LogP contribution in [0.15, 0.2) is 18.2 Å². The highest BCUT2D eigenvalue weighted by Crippen LogP contribution is 2.28. The fraction of sp³-hybridized carbons (Fsp3) is 0.647. The van der Waals surface area contributed by atoms with Crippen molar-refractivity contribution in [2.75, 3.05) is 31.1 Å². The molecule has 0 saturated carbocycles. The van der Waals surface area contributed by atoms with Crippen LogP contribution in [0.1, 0.15) is 45.2 Å². The fourth-order valence-corrected chi connectivity index (χ4v) is 3.01. The van der Waals surface area contributed by atoms with E-state index >= 15 is 0 Å². The molecular weight excluding hydrogens is 267 g/mol. The van der Waals surface area contributed by atoms with Crippen molar-refractivity contribution in [3.8, 4) is 0 Å². The van der Waals surface area contributed by atoms with Gasteiger partial charge in [-0.25, -0.2) is 4.39 Å². The van der Waals surface area contributed by atoms with Crippen LogP contribution in [0.3, 0.4) is 0 Å². The molecule has 1 aliphatic rings. The monoisotopic (exact) mass is 294 g/mol. The number of benzene rings is 1. The van der Waals surface area contributed by atoms with Crippen molar-refractivity contribution < 1.29 is 9.13 Å². The second-order valence-electron chi connectivity index (χ2n) is 5.66. The van der Waals surface area contributed by atoms with E-state index in [0.717, 1.165) is 50.3 Å². The maximum Gasteiger partial charge on any atom is 0.123 e. The van der Waals surface area contributed by atoms with Gasteiger partial charge in [-0.05, 0) is 57.0 Å². The molecule has 1 aromatic rings. The first-order valence-corrected chi connectivity index (χ1v) is 8.05. The summed E-state index contributed by atoms with van der Waals surface area (Å²) >= 11 is 0. The summed E-state index contributed by atoms with van der Waals surface area (Å²) in [5.41, 5.74) is 2.14. The summed E-state index contributed by atoms with van der Waals surface area (Å²) < 4.78 is 19.4. The first kappa shape index (κ1) is 16.2. The Morgan fingerprint density at radius 3 is 2.86 bits per heavy atom. The molecule has 2 unspecified atom stereocenters. The van der Waals surface area contributed by atoms with Gasteiger partial charge in [0.1, 0.15) is 5.82 Å². The van der Waals surface area contributed by atoms with Crippen LogP contribution in [0.4, 0.5) is 10.1 Å². The Kier molecular flexibility index (Phi) is 6.00. The molecule has 0 spiro atoms. The van der Waals surface area contributed by atoms with Gasteiger partial charge in [0.25, 0.3) is 0 Å². The van der Waals surface area contributed by atoms with Gasteiger partial charge in [-0.2, -0.15) is 0 Å². The number of hydrogen-bond donors (Lipinski definition) is 1. The molecule has 118 valence electrons. The van der Waals surface area contributed by atoms with E-state index < -0.39 is 0 Å². The molecule has 3 nitrogen and oxygen atoms in total. The maximum absolute atomic E-state index is 13.6. The van der Waals surface area contributed by atoms with Gasteiger partial charge in [0.2, 0.25) is 0 Å². The number of nitrogens with one attached hydrogen (secondary N) is 1. The van der Waals surface area contributed by atoms with Gasteiger partial charge in [0.05, 0.1) is 6.10 Å². The first-order chi connectivity index (χ1) is 10.2. The third-order valence-electron chi connectivity index (χ3n) is 4.14. The molecule has 0 radical (unpaired) electrons. The summed E-state index contributed by atoms with van der Waals surface area (Å²) in [7, 11) is 0. The highest BCUT2D eigenvalue weighted by atomic mass is 19.1. The normalized spacial score (nSPS) is 19.7. The average molecular weight is 294 g/mol. The van der Waals surface area contributed by atoms with E-state index in [1.54, 1.807) is 12.1 Å². The number of ether oxygens (including phenoxy) is 1. The van der Waals surface area contributed by atoms with E-state index in [4.69, 9.17) is 4.74 Å². The number of nitrogens with zero attached hydrogens (tertiary/aromatic N) is 1. The van der Waals surface area contributed by atoms with Gasteiger partial charge in [-0.3, -0.25) is 0 Å². The number of hydrogen-bond acceptors (Lipinski definition) is 3. The molecule has 21 heavy (non-hydrogen) atoms. The van der Waals surface area contributed by atoms with Crippen molar-refractivity contribution in [1.29, 1.82) is 0 Å². The van der Waals surface area contributed by atoms with E-state index in [9.17, 15) is 4.39 Å². The third kappa shape index (κ3) is 4.17. The van der Waals surface area contributed by atoms with Crippen molar-refractivity contribution in [1.82, 2.24) is 5.32 Å². The lowest BCUT2D eigenvalue weighted by atomic mass is 10.0. The maximum atomic E-state index is 13.6. The van der Waals surface area contributed by atoms with Gasteiger partial charge in [-0.1, -0.05) is 6.92 Å². The predicted molar refractivity (Wildman–Crippen MR) is 85.4 cm³/mol. The summed E-state index contributed by atoms with van der Waals surface area (Å²) in [6, 6.07) is 5.24. The molecule has 1 heterocycles. The average Bonchev–Trinajstić information content (AvgIpc) is 2.98. The minimum absolute atomic E-state index is 0.138. The van der Waals surface area contributed by atoms with Crippen molar-refractivity contribution in [3.63, 3.8) is 0 Å². The van der Waals surface area contributed by atoms with E-state index in [2.05, 4.69) is 31.0 Å². The first-order valence-electron chi connectivity index (χ1n) is 8.05. The Balaban J connectivity index is 2.22. The van der Waals surface area contributed by atoms with Crippen LogP contribution in [0.5, 0.6) is 0 Å². The summed E-state index contributed by atoms with van der Waals surface area (Å²) in [6.45, 7) is 9.81. The zero-order valence-corrected chi connectivity index (χ0v) is 13.4. The summed E-state index contributed by atoms with van der Waals surface area (Å²) in [5.74, 6) is -0.174. The van der Waals surface area contributed by atoms with Gasteiger partial charge in [0, 0.05) is 31.4 Å².